The van der Waals surface area contributed by atoms with Gasteiger partial charge in [-0.25, -0.2) is 18.4 Å². The molecule has 1 saturated heterocycles. The van der Waals surface area contributed by atoms with Crippen LogP contribution in [0.15, 0.2) is 47.6 Å². The van der Waals surface area contributed by atoms with E-state index in [1.54, 1.807) is 30.6 Å². The molecule has 0 atom stereocenters. The van der Waals surface area contributed by atoms with Gasteiger partial charge >= 0.3 is 0 Å². The van der Waals surface area contributed by atoms with Crippen LogP contribution >= 0.6 is 0 Å². The van der Waals surface area contributed by atoms with Gasteiger partial charge in [0.25, 0.3) is 0 Å². The van der Waals surface area contributed by atoms with E-state index < -0.39 is 10.0 Å². The largest absolute Gasteiger partial charge is 0.396 e. The van der Waals surface area contributed by atoms with Crippen LogP contribution in [0.2, 0.25) is 0 Å². The number of aryl methyl sites for hydroxylation is 2. The molecule has 162 valence electrons. The van der Waals surface area contributed by atoms with Crippen molar-refractivity contribution in [2.24, 2.45) is 5.73 Å². The quantitative estimate of drug-likeness (QED) is 0.640. The molecule has 31 heavy (non-hydrogen) atoms. The lowest BCUT2D eigenvalue weighted by atomic mass is 10.1. The molecule has 0 bridgehead atoms. The SMILES string of the molecule is Cc1cc(-c2nc(-c3cc(S(=O)(=O)N4CCC(N)CC4)ccc3C)ncc2N)ccn1. The van der Waals surface area contributed by atoms with Gasteiger partial charge in [0.15, 0.2) is 5.82 Å². The van der Waals surface area contributed by atoms with Crippen LogP contribution in [0.4, 0.5) is 5.69 Å². The van der Waals surface area contributed by atoms with E-state index in [1.807, 2.05) is 26.0 Å². The van der Waals surface area contributed by atoms with E-state index in [0.29, 0.717) is 48.7 Å². The third kappa shape index (κ3) is 4.30. The zero-order chi connectivity index (χ0) is 22.2. The molecule has 1 aliphatic rings. The lowest BCUT2D eigenvalue weighted by Crippen LogP contribution is -2.42. The number of benzene rings is 1. The summed E-state index contributed by atoms with van der Waals surface area (Å²) >= 11 is 0. The molecular weight excluding hydrogens is 412 g/mol. The summed E-state index contributed by atoms with van der Waals surface area (Å²) in [6.45, 7) is 4.66. The number of hydrogen-bond donors (Lipinski definition) is 2. The Morgan fingerprint density at radius 3 is 2.52 bits per heavy atom. The molecule has 9 heteroatoms. The maximum atomic E-state index is 13.2. The number of aromatic nitrogens is 3. The Balaban J connectivity index is 1.75. The third-order valence-corrected chi connectivity index (χ3v) is 7.47. The molecule has 3 aromatic rings. The van der Waals surface area contributed by atoms with E-state index in [1.165, 1.54) is 4.31 Å². The maximum absolute atomic E-state index is 13.2. The van der Waals surface area contributed by atoms with Crippen molar-refractivity contribution in [3.63, 3.8) is 0 Å². The molecule has 1 aliphatic heterocycles. The standard InChI is InChI=1S/C22H26N6O2S/c1-14-3-4-18(31(29,30)28-9-6-17(23)7-10-28)12-19(14)22-26-13-20(24)21(27-22)16-5-8-25-15(2)11-16/h3-5,8,11-13,17H,6-7,9-10,23-24H2,1-2H3. The normalized spacial score (nSPS) is 15.8. The Bertz CT molecular complexity index is 1220. The second-order valence-electron chi connectivity index (χ2n) is 7.90. The number of nitrogens with two attached hydrogens (primary N) is 2. The van der Waals surface area contributed by atoms with Gasteiger partial charge in [-0.1, -0.05) is 6.07 Å². The highest BCUT2D eigenvalue weighted by atomic mass is 32.2. The van der Waals surface area contributed by atoms with Gasteiger partial charge in [-0.05, 0) is 56.5 Å². The zero-order valence-electron chi connectivity index (χ0n) is 17.6. The first-order valence-corrected chi connectivity index (χ1v) is 11.6. The van der Waals surface area contributed by atoms with Crippen molar-refractivity contribution in [3.8, 4) is 22.6 Å². The van der Waals surface area contributed by atoms with E-state index in [9.17, 15) is 8.42 Å². The van der Waals surface area contributed by atoms with Crippen LogP contribution in [-0.2, 0) is 10.0 Å². The smallest absolute Gasteiger partial charge is 0.243 e. The Labute approximate surface area is 182 Å². The third-order valence-electron chi connectivity index (χ3n) is 5.57. The molecule has 1 aromatic carbocycles. The summed E-state index contributed by atoms with van der Waals surface area (Å²) in [7, 11) is -3.62. The van der Waals surface area contributed by atoms with E-state index in [4.69, 9.17) is 11.5 Å². The maximum Gasteiger partial charge on any atom is 0.243 e. The van der Waals surface area contributed by atoms with Crippen LogP contribution in [0, 0.1) is 13.8 Å². The minimum absolute atomic E-state index is 0.0541. The van der Waals surface area contributed by atoms with E-state index in [2.05, 4.69) is 15.0 Å². The summed E-state index contributed by atoms with van der Waals surface area (Å²) in [6.07, 6.45) is 4.58. The van der Waals surface area contributed by atoms with Crippen molar-refractivity contribution >= 4 is 15.7 Å². The number of pyridine rings is 1. The first kappa shape index (κ1) is 21.4. The van der Waals surface area contributed by atoms with Crippen LogP contribution in [0.3, 0.4) is 0 Å². The molecule has 8 nitrogen and oxygen atoms in total. The summed E-state index contributed by atoms with van der Waals surface area (Å²) in [5.41, 5.74) is 16.3. The molecule has 0 spiro atoms. The lowest BCUT2D eigenvalue weighted by molar-refractivity contribution is 0.320. The van der Waals surface area contributed by atoms with Crippen LogP contribution in [-0.4, -0.2) is 46.8 Å². The monoisotopic (exact) mass is 438 g/mol. The number of sulfonamides is 1. The minimum Gasteiger partial charge on any atom is -0.396 e. The Morgan fingerprint density at radius 2 is 1.81 bits per heavy atom. The molecule has 0 radical (unpaired) electrons. The van der Waals surface area contributed by atoms with Crippen LogP contribution in [0.5, 0.6) is 0 Å². The van der Waals surface area contributed by atoms with Gasteiger partial charge in [-0.15, -0.1) is 0 Å². The summed E-state index contributed by atoms with van der Waals surface area (Å²) < 4.78 is 27.9. The van der Waals surface area contributed by atoms with Crippen molar-refractivity contribution < 1.29 is 8.42 Å². The molecule has 0 aliphatic carbocycles. The summed E-state index contributed by atoms with van der Waals surface area (Å²) in [4.78, 5) is 13.5. The van der Waals surface area contributed by atoms with Gasteiger partial charge in [-0.3, -0.25) is 4.98 Å². The summed E-state index contributed by atoms with van der Waals surface area (Å²) in [5, 5.41) is 0. The van der Waals surface area contributed by atoms with Crippen molar-refractivity contribution in [2.45, 2.75) is 37.6 Å². The second kappa shape index (κ2) is 8.33. The van der Waals surface area contributed by atoms with Gasteiger partial charge < -0.3 is 11.5 Å². The highest BCUT2D eigenvalue weighted by Crippen LogP contribution is 2.30. The molecule has 0 unspecified atom stereocenters. The summed E-state index contributed by atoms with van der Waals surface area (Å²) in [5.74, 6) is 0.425. The Hall–Kier alpha value is -2.88. The van der Waals surface area contributed by atoms with Gasteiger partial charge in [-0.2, -0.15) is 4.31 Å². The fourth-order valence-electron chi connectivity index (χ4n) is 3.71. The average Bonchev–Trinajstić information content (AvgIpc) is 2.75. The number of nitrogens with zero attached hydrogens (tertiary/aromatic N) is 4. The molecule has 0 saturated carbocycles. The number of nitrogen functional groups attached to an aromatic ring is 1. The van der Waals surface area contributed by atoms with Gasteiger partial charge in [0.1, 0.15) is 0 Å². The highest BCUT2D eigenvalue weighted by Gasteiger charge is 2.29. The van der Waals surface area contributed by atoms with Crippen molar-refractivity contribution in [2.75, 3.05) is 18.8 Å². The van der Waals surface area contributed by atoms with E-state index in [0.717, 1.165) is 16.8 Å². The molecule has 4 N–H and O–H groups in total. The fraction of sp³-hybridized carbons (Fsp3) is 0.318. The topological polar surface area (TPSA) is 128 Å². The number of piperidine rings is 1. The predicted octanol–water partition coefficient (Wildman–Crippen LogP) is 2.52. The van der Waals surface area contributed by atoms with Gasteiger partial charge in [0.05, 0.1) is 22.5 Å². The van der Waals surface area contributed by atoms with Gasteiger partial charge in [0, 0.05) is 42.1 Å². The number of anilines is 1. The first-order chi connectivity index (χ1) is 14.8. The molecular formula is C22H26N6O2S. The van der Waals surface area contributed by atoms with Crippen LogP contribution < -0.4 is 11.5 Å². The van der Waals surface area contributed by atoms with Crippen LogP contribution in [0.1, 0.15) is 24.1 Å². The summed E-state index contributed by atoms with van der Waals surface area (Å²) in [6, 6.07) is 8.85. The Kier molecular flexibility index (Phi) is 5.74. The lowest BCUT2D eigenvalue weighted by Gasteiger charge is -2.29. The molecule has 2 aromatic heterocycles. The average molecular weight is 439 g/mol. The van der Waals surface area contributed by atoms with Crippen molar-refractivity contribution in [1.29, 1.82) is 0 Å². The minimum atomic E-state index is -3.62. The van der Waals surface area contributed by atoms with Crippen molar-refractivity contribution in [1.82, 2.24) is 19.3 Å². The van der Waals surface area contributed by atoms with E-state index in [-0.39, 0.29) is 10.9 Å². The molecule has 3 heterocycles. The molecule has 0 amide bonds. The van der Waals surface area contributed by atoms with Gasteiger partial charge in [0.2, 0.25) is 10.0 Å². The zero-order valence-corrected chi connectivity index (χ0v) is 18.4. The number of hydrogen-bond acceptors (Lipinski definition) is 7. The van der Waals surface area contributed by atoms with Crippen molar-refractivity contribution in [3.05, 3.63) is 54.0 Å². The molecule has 4 rings (SSSR count). The number of rotatable bonds is 4. The first-order valence-electron chi connectivity index (χ1n) is 10.2. The highest BCUT2D eigenvalue weighted by molar-refractivity contribution is 7.89. The molecule has 1 fully saturated rings. The fourth-order valence-corrected chi connectivity index (χ4v) is 5.21. The predicted molar refractivity (Wildman–Crippen MR) is 121 cm³/mol. The second-order valence-corrected chi connectivity index (χ2v) is 9.84. The van der Waals surface area contributed by atoms with Crippen LogP contribution in [0.25, 0.3) is 22.6 Å². The van der Waals surface area contributed by atoms with E-state index >= 15 is 0 Å². The Morgan fingerprint density at radius 1 is 1.06 bits per heavy atom.